The summed E-state index contributed by atoms with van der Waals surface area (Å²) in [4.78, 5) is 11.0. The molecule has 7 heteroatoms. The molecular formula is C11H6F2N2O2S. The molecule has 0 unspecified atom stereocenters. The van der Waals surface area contributed by atoms with Crippen molar-refractivity contribution in [1.29, 1.82) is 0 Å². The Bertz CT molecular complexity index is 607. The van der Waals surface area contributed by atoms with Crippen LogP contribution in [-0.4, -0.2) is 21.3 Å². The Labute approximate surface area is 105 Å². The van der Waals surface area contributed by atoms with Crippen LogP contribution in [-0.2, 0) is 0 Å². The van der Waals surface area contributed by atoms with Gasteiger partial charge in [0, 0.05) is 11.0 Å². The summed E-state index contributed by atoms with van der Waals surface area (Å²) in [5.41, 5.74) is -0.0845. The van der Waals surface area contributed by atoms with E-state index in [0.29, 0.717) is 0 Å². The molecule has 4 nitrogen and oxygen atoms in total. The summed E-state index contributed by atoms with van der Waals surface area (Å²) in [6.07, 6.45) is 1.23. The fourth-order valence-corrected chi connectivity index (χ4v) is 2.07. The Kier molecular flexibility index (Phi) is 3.52. The van der Waals surface area contributed by atoms with Gasteiger partial charge in [-0.15, -0.1) is 5.10 Å². The minimum Gasteiger partial charge on any atom is -0.478 e. The zero-order valence-electron chi connectivity index (χ0n) is 8.80. The van der Waals surface area contributed by atoms with Gasteiger partial charge in [0.2, 0.25) is 0 Å². The van der Waals surface area contributed by atoms with Gasteiger partial charge in [0.1, 0.15) is 16.7 Å². The van der Waals surface area contributed by atoms with Gasteiger partial charge in [-0.05, 0) is 18.2 Å². The highest BCUT2D eigenvalue weighted by atomic mass is 32.2. The number of carboxylic acids is 1. The van der Waals surface area contributed by atoms with Gasteiger partial charge in [0.15, 0.2) is 0 Å². The maximum Gasteiger partial charge on any atom is 0.338 e. The maximum absolute atomic E-state index is 13.4. The first-order valence-corrected chi connectivity index (χ1v) is 5.57. The number of benzene rings is 1. The van der Waals surface area contributed by atoms with Crippen molar-refractivity contribution >= 4 is 17.7 Å². The van der Waals surface area contributed by atoms with Crippen molar-refractivity contribution in [2.75, 3.05) is 0 Å². The van der Waals surface area contributed by atoms with E-state index in [1.165, 1.54) is 18.3 Å². The number of aromatic carboxylic acids is 1. The summed E-state index contributed by atoms with van der Waals surface area (Å²) in [5.74, 6) is -2.66. The lowest BCUT2D eigenvalue weighted by Gasteiger charge is -2.04. The van der Waals surface area contributed by atoms with Crippen LogP contribution in [0, 0.1) is 11.6 Å². The van der Waals surface area contributed by atoms with Crippen LogP contribution < -0.4 is 0 Å². The van der Waals surface area contributed by atoms with Gasteiger partial charge in [0.05, 0.1) is 11.8 Å². The number of nitrogens with zero attached hydrogens (tertiary/aromatic N) is 2. The van der Waals surface area contributed by atoms with E-state index in [-0.39, 0.29) is 15.5 Å². The van der Waals surface area contributed by atoms with Gasteiger partial charge in [-0.1, -0.05) is 11.8 Å². The van der Waals surface area contributed by atoms with E-state index in [4.69, 9.17) is 5.11 Å². The van der Waals surface area contributed by atoms with Crippen LogP contribution in [0.4, 0.5) is 8.78 Å². The van der Waals surface area contributed by atoms with Crippen molar-refractivity contribution in [3.05, 3.63) is 47.7 Å². The van der Waals surface area contributed by atoms with Crippen molar-refractivity contribution < 1.29 is 18.7 Å². The molecule has 0 aliphatic carbocycles. The molecule has 0 fully saturated rings. The summed E-state index contributed by atoms with van der Waals surface area (Å²) in [6, 6.07) is 4.29. The highest BCUT2D eigenvalue weighted by Crippen LogP contribution is 2.30. The summed E-state index contributed by atoms with van der Waals surface area (Å²) in [5, 5.41) is 16.1. The van der Waals surface area contributed by atoms with Crippen LogP contribution in [0.5, 0.6) is 0 Å². The zero-order chi connectivity index (χ0) is 13.1. The number of carbonyl (C=O) groups is 1. The first-order chi connectivity index (χ1) is 8.58. The van der Waals surface area contributed by atoms with Crippen molar-refractivity contribution in [1.82, 2.24) is 10.2 Å². The molecule has 1 aromatic carbocycles. The molecule has 1 heterocycles. The van der Waals surface area contributed by atoms with Crippen LogP contribution in [0.25, 0.3) is 0 Å². The summed E-state index contributed by atoms with van der Waals surface area (Å²) in [6.45, 7) is 0. The Morgan fingerprint density at radius 1 is 1.28 bits per heavy atom. The monoisotopic (exact) mass is 268 g/mol. The van der Waals surface area contributed by atoms with E-state index in [1.54, 1.807) is 0 Å². The molecule has 92 valence electrons. The average Bonchev–Trinajstić information content (AvgIpc) is 2.33. The molecule has 2 aromatic rings. The molecular weight excluding hydrogens is 262 g/mol. The Morgan fingerprint density at radius 3 is 2.72 bits per heavy atom. The van der Waals surface area contributed by atoms with E-state index in [1.807, 2.05) is 0 Å². The Balaban J connectivity index is 2.37. The number of hydrogen-bond acceptors (Lipinski definition) is 4. The van der Waals surface area contributed by atoms with Gasteiger partial charge in [-0.3, -0.25) is 0 Å². The van der Waals surface area contributed by atoms with Crippen LogP contribution >= 0.6 is 11.8 Å². The van der Waals surface area contributed by atoms with E-state index in [2.05, 4.69) is 10.2 Å². The van der Waals surface area contributed by atoms with E-state index in [0.717, 1.165) is 23.9 Å². The largest absolute Gasteiger partial charge is 0.478 e. The van der Waals surface area contributed by atoms with E-state index < -0.39 is 17.6 Å². The van der Waals surface area contributed by atoms with Crippen LogP contribution in [0.1, 0.15) is 10.4 Å². The fraction of sp³-hybridized carbons (Fsp3) is 0. The van der Waals surface area contributed by atoms with Crippen molar-refractivity contribution in [2.45, 2.75) is 9.92 Å². The smallest absolute Gasteiger partial charge is 0.338 e. The third kappa shape index (κ3) is 2.62. The van der Waals surface area contributed by atoms with Gasteiger partial charge in [-0.25, -0.2) is 13.6 Å². The fourth-order valence-electron chi connectivity index (χ4n) is 1.22. The van der Waals surface area contributed by atoms with Gasteiger partial charge >= 0.3 is 5.97 Å². The predicted molar refractivity (Wildman–Crippen MR) is 59.5 cm³/mol. The predicted octanol–water partition coefficient (Wildman–Crippen LogP) is 2.60. The van der Waals surface area contributed by atoms with Crippen molar-refractivity contribution in [2.24, 2.45) is 0 Å². The Morgan fingerprint density at radius 2 is 2.06 bits per heavy atom. The third-order valence-corrected chi connectivity index (χ3v) is 3.06. The second-order valence-electron chi connectivity index (χ2n) is 3.23. The lowest BCUT2D eigenvalue weighted by molar-refractivity contribution is 0.0692. The molecule has 0 aliphatic rings. The summed E-state index contributed by atoms with van der Waals surface area (Å²) in [7, 11) is 0. The van der Waals surface area contributed by atoms with E-state index in [9.17, 15) is 13.6 Å². The van der Waals surface area contributed by atoms with Crippen molar-refractivity contribution in [3.63, 3.8) is 0 Å². The van der Waals surface area contributed by atoms with Crippen LogP contribution in [0.2, 0.25) is 0 Å². The van der Waals surface area contributed by atoms with Gasteiger partial charge in [-0.2, -0.15) is 5.10 Å². The quantitative estimate of drug-likeness (QED) is 0.927. The molecule has 0 atom stereocenters. The Hall–Kier alpha value is -2.02. The first-order valence-electron chi connectivity index (χ1n) is 4.76. The normalized spacial score (nSPS) is 10.3. The molecule has 2 rings (SSSR count). The minimum absolute atomic E-state index is 0.0514. The number of halogens is 2. The highest BCUT2D eigenvalue weighted by Gasteiger charge is 2.14. The second kappa shape index (κ2) is 5.09. The number of rotatable bonds is 3. The average molecular weight is 268 g/mol. The molecule has 1 N–H and O–H groups in total. The highest BCUT2D eigenvalue weighted by molar-refractivity contribution is 7.99. The molecule has 0 radical (unpaired) electrons. The first kappa shape index (κ1) is 12.4. The lowest BCUT2D eigenvalue weighted by Crippen LogP contribution is -2.01. The maximum atomic E-state index is 13.4. The van der Waals surface area contributed by atoms with E-state index >= 15 is 0 Å². The molecule has 18 heavy (non-hydrogen) atoms. The zero-order valence-corrected chi connectivity index (χ0v) is 9.62. The molecule has 0 amide bonds. The molecule has 1 aromatic heterocycles. The standard InChI is InChI=1S/C11H6F2N2O2S/c12-6-1-2-9(8(13)5-6)18-10-7(11(16)17)3-4-14-15-10/h1-5H,(H,16,17). The summed E-state index contributed by atoms with van der Waals surface area (Å²) >= 11 is 0.782. The number of carboxylic acid groups (broad SMARTS) is 1. The molecule has 0 bridgehead atoms. The van der Waals surface area contributed by atoms with Gasteiger partial charge < -0.3 is 5.11 Å². The number of hydrogen-bond donors (Lipinski definition) is 1. The SMILES string of the molecule is O=C(O)c1ccnnc1Sc1ccc(F)cc1F. The van der Waals surface area contributed by atoms with Crippen LogP contribution in [0.3, 0.4) is 0 Å². The van der Waals surface area contributed by atoms with Gasteiger partial charge in [0.25, 0.3) is 0 Å². The lowest BCUT2D eigenvalue weighted by atomic mass is 10.3. The minimum atomic E-state index is -1.19. The second-order valence-corrected chi connectivity index (χ2v) is 4.26. The topological polar surface area (TPSA) is 63.1 Å². The molecule has 0 saturated carbocycles. The van der Waals surface area contributed by atoms with Crippen LogP contribution in [0.15, 0.2) is 40.4 Å². The van der Waals surface area contributed by atoms with Crippen molar-refractivity contribution in [3.8, 4) is 0 Å². The summed E-state index contributed by atoms with van der Waals surface area (Å²) < 4.78 is 26.1. The molecule has 0 aliphatic heterocycles. The molecule has 0 spiro atoms. The molecule has 0 saturated heterocycles. The third-order valence-electron chi connectivity index (χ3n) is 2.02. The number of aromatic nitrogens is 2.